The van der Waals surface area contributed by atoms with Crippen molar-refractivity contribution < 1.29 is 19.4 Å². The Morgan fingerprint density at radius 1 is 1.00 bits per heavy atom. The number of aromatic nitrogens is 1. The molecule has 1 aromatic heterocycles. The quantitative estimate of drug-likeness (QED) is 0.362. The number of nitrogens with one attached hydrogen (secondary N) is 3. The van der Waals surface area contributed by atoms with Gasteiger partial charge in [-0.1, -0.05) is 23.7 Å². The van der Waals surface area contributed by atoms with Gasteiger partial charge in [0.2, 0.25) is 0 Å². The minimum absolute atomic E-state index is 0.00726. The molecule has 10 heteroatoms. The van der Waals surface area contributed by atoms with Crippen molar-refractivity contribution in [1.29, 1.82) is 0 Å². The summed E-state index contributed by atoms with van der Waals surface area (Å²) < 4.78 is 6.35. The van der Waals surface area contributed by atoms with Crippen LogP contribution in [0.5, 0.6) is 5.75 Å². The van der Waals surface area contributed by atoms with E-state index >= 15 is 0 Å². The third kappa shape index (κ3) is 6.24. The molecule has 2 saturated heterocycles. The van der Waals surface area contributed by atoms with Crippen molar-refractivity contribution in [2.45, 2.75) is 31.5 Å². The van der Waals surface area contributed by atoms with Crippen LogP contribution in [0.3, 0.4) is 0 Å². The fourth-order valence-electron chi connectivity index (χ4n) is 4.68. The standard InChI is InChI=1S/C28H30ClN5O4/c29-18-5-8-26(31-16-18)33-27(36)22-3-1-2-4-24(22)32-28(37)23-7-6-19(34-14-11-20(35)17-34)15-25(23)38-21-9-12-30-13-10-21/h1-8,15-16,20-21,30,35H,9-14,17H2,(H,32,37)(H,31,33,36). The zero-order valence-corrected chi connectivity index (χ0v) is 21.6. The van der Waals surface area contributed by atoms with Crippen molar-refractivity contribution in [3.8, 4) is 5.75 Å². The number of hydrogen-bond donors (Lipinski definition) is 4. The van der Waals surface area contributed by atoms with Gasteiger partial charge in [-0.2, -0.15) is 0 Å². The van der Waals surface area contributed by atoms with Crippen molar-refractivity contribution >= 4 is 40.6 Å². The number of ether oxygens (including phenoxy) is 1. The van der Waals surface area contributed by atoms with E-state index in [0.717, 1.165) is 38.2 Å². The molecule has 1 unspecified atom stereocenters. The SMILES string of the molecule is O=C(Nc1ccc(Cl)cn1)c1ccccc1NC(=O)c1ccc(N2CCC(O)C2)cc1OC1CCNCC1. The zero-order chi connectivity index (χ0) is 26.5. The fourth-order valence-corrected chi connectivity index (χ4v) is 4.79. The number of carbonyl (C=O) groups excluding carboxylic acids is 2. The third-order valence-electron chi connectivity index (χ3n) is 6.71. The molecule has 2 fully saturated rings. The number of amides is 2. The Balaban J connectivity index is 1.38. The van der Waals surface area contributed by atoms with Crippen molar-refractivity contribution in [2.24, 2.45) is 0 Å². The normalized spacial score (nSPS) is 17.7. The van der Waals surface area contributed by atoms with Gasteiger partial charge < -0.3 is 30.7 Å². The zero-order valence-electron chi connectivity index (χ0n) is 20.8. The number of rotatable bonds is 7. The van der Waals surface area contributed by atoms with Crippen molar-refractivity contribution in [1.82, 2.24) is 10.3 Å². The summed E-state index contributed by atoms with van der Waals surface area (Å²) >= 11 is 5.88. The van der Waals surface area contributed by atoms with E-state index in [2.05, 4.69) is 25.8 Å². The molecule has 0 radical (unpaired) electrons. The van der Waals surface area contributed by atoms with Crippen molar-refractivity contribution in [2.75, 3.05) is 41.7 Å². The number of nitrogens with zero attached hydrogens (tertiary/aromatic N) is 2. The second kappa shape index (κ2) is 11.8. The maximum atomic E-state index is 13.5. The van der Waals surface area contributed by atoms with E-state index in [0.29, 0.717) is 46.4 Å². The highest BCUT2D eigenvalue weighted by Gasteiger charge is 2.25. The maximum absolute atomic E-state index is 13.5. The van der Waals surface area contributed by atoms with Crippen LogP contribution < -0.4 is 25.6 Å². The molecule has 38 heavy (non-hydrogen) atoms. The Bertz CT molecular complexity index is 1300. The van der Waals surface area contributed by atoms with Crippen LogP contribution in [0.2, 0.25) is 5.02 Å². The molecule has 1 atom stereocenters. The summed E-state index contributed by atoms with van der Waals surface area (Å²) in [5.41, 5.74) is 1.93. The molecule has 2 amide bonds. The number of carbonyl (C=O) groups is 2. The first-order valence-corrected chi connectivity index (χ1v) is 13.1. The monoisotopic (exact) mass is 535 g/mol. The second-order valence-electron chi connectivity index (χ2n) is 9.45. The summed E-state index contributed by atoms with van der Waals surface area (Å²) in [4.78, 5) is 32.7. The molecule has 0 aliphatic carbocycles. The molecule has 0 spiro atoms. The third-order valence-corrected chi connectivity index (χ3v) is 6.93. The number of halogens is 1. The average Bonchev–Trinajstić information content (AvgIpc) is 3.37. The van der Waals surface area contributed by atoms with Crippen LogP contribution in [0, 0.1) is 0 Å². The van der Waals surface area contributed by atoms with Crippen LogP contribution in [-0.4, -0.2) is 60.3 Å². The lowest BCUT2D eigenvalue weighted by Gasteiger charge is -2.26. The Labute approximate surface area is 226 Å². The van der Waals surface area contributed by atoms with Crippen LogP contribution >= 0.6 is 11.6 Å². The number of piperidine rings is 1. The summed E-state index contributed by atoms with van der Waals surface area (Å²) in [5, 5.41) is 19.4. The van der Waals surface area contributed by atoms with Gasteiger partial charge in [-0.05, 0) is 68.8 Å². The fraction of sp³-hybridized carbons (Fsp3) is 0.321. The van der Waals surface area contributed by atoms with Gasteiger partial charge in [0, 0.05) is 31.0 Å². The number of anilines is 3. The van der Waals surface area contributed by atoms with Crippen LogP contribution in [0.25, 0.3) is 0 Å². The molecule has 9 nitrogen and oxygen atoms in total. The van der Waals surface area contributed by atoms with Gasteiger partial charge in [-0.3, -0.25) is 9.59 Å². The van der Waals surface area contributed by atoms with Gasteiger partial charge in [0.05, 0.1) is 27.9 Å². The van der Waals surface area contributed by atoms with Crippen LogP contribution in [0.4, 0.5) is 17.2 Å². The first-order valence-electron chi connectivity index (χ1n) is 12.7. The highest BCUT2D eigenvalue weighted by atomic mass is 35.5. The van der Waals surface area contributed by atoms with E-state index in [1.807, 2.05) is 12.1 Å². The molecule has 2 aliphatic heterocycles. The molecule has 3 aromatic rings. The van der Waals surface area contributed by atoms with Crippen molar-refractivity contribution in [3.05, 3.63) is 76.9 Å². The number of pyridine rings is 1. The lowest BCUT2D eigenvalue weighted by Crippen LogP contribution is -2.34. The second-order valence-corrected chi connectivity index (χ2v) is 9.89. The topological polar surface area (TPSA) is 116 Å². The van der Waals surface area contributed by atoms with Crippen LogP contribution in [0.1, 0.15) is 40.0 Å². The number of aliphatic hydroxyl groups excluding tert-OH is 1. The molecular weight excluding hydrogens is 506 g/mol. The maximum Gasteiger partial charge on any atom is 0.259 e. The summed E-state index contributed by atoms with van der Waals surface area (Å²) in [5.74, 6) is 0.0399. The molecule has 3 heterocycles. The van der Waals surface area contributed by atoms with E-state index < -0.39 is 5.91 Å². The van der Waals surface area contributed by atoms with E-state index in [1.165, 1.54) is 6.20 Å². The molecule has 2 aromatic carbocycles. The van der Waals surface area contributed by atoms with Gasteiger partial charge in [0.15, 0.2) is 0 Å². The van der Waals surface area contributed by atoms with Gasteiger partial charge in [0.25, 0.3) is 11.8 Å². The molecule has 4 N–H and O–H groups in total. The first kappa shape index (κ1) is 26.0. The lowest BCUT2D eigenvalue weighted by molar-refractivity contribution is 0.101. The van der Waals surface area contributed by atoms with Crippen LogP contribution in [-0.2, 0) is 0 Å². The van der Waals surface area contributed by atoms with Gasteiger partial charge in [-0.15, -0.1) is 0 Å². The highest BCUT2D eigenvalue weighted by molar-refractivity contribution is 6.30. The molecule has 5 rings (SSSR count). The number of β-amino-alcohol motifs (C(OH)–C–C–N with tert-alkyl or cyclic N) is 1. The van der Waals surface area contributed by atoms with Crippen molar-refractivity contribution in [3.63, 3.8) is 0 Å². The number of aliphatic hydroxyl groups is 1. The highest BCUT2D eigenvalue weighted by Crippen LogP contribution is 2.31. The van der Waals surface area contributed by atoms with E-state index in [-0.39, 0.29) is 18.1 Å². The summed E-state index contributed by atoms with van der Waals surface area (Å²) in [6, 6.07) is 15.5. The Morgan fingerprint density at radius 2 is 1.79 bits per heavy atom. The lowest BCUT2D eigenvalue weighted by atomic mass is 10.1. The number of hydrogen-bond acceptors (Lipinski definition) is 7. The molecule has 2 aliphatic rings. The molecular formula is C28H30ClN5O4. The van der Waals surface area contributed by atoms with Crippen LogP contribution in [0.15, 0.2) is 60.8 Å². The molecule has 0 bridgehead atoms. The summed E-state index contributed by atoms with van der Waals surface area (Å²) in [6.45, 7) is 3.00. The van der Waals surface area contributed by atoms with E-state index in [1.54, 1.807) is 42.5 Å². The number of para-hydroxylation sites is 1. The minimum Gasteiger partial charge on any atom is -0.489 e. The minimum atomic E-state index is -0.412. The smallest absolute Gasteiger partial charge is 0.259 e. The van der Waals surface area contributed by atoms with Gasteiger partial charge in [-0.25, -0.2) is 4.98 Å². The predicted molar refractivity (Wildman–Crippen MR) is 147 cm³/mol. The predicted octanol–water partition coefficient (Wildman–Crippen LogP) is 3.94. The van der Waals surface area contributed by atoms with E-state index in [9.17, 15) is 14.7 Å². The van der Waals surface area contributed by atoms with E-state index in [4.69, 9.17) is 16.3 Å². The number of benzene rings is 2. The van der Waals surface area contributed by atoms with Gasteiger partial charge >= 0.3 is 0 Å². The Hall–Kier alpha value is -3.66. The Kier molecular flexibility index (Phi) is 8.07. The summed E-state index contributed by atoms with van der Waals surface area (Å²) in [6.07, 6.45) is 3.47. The largest absolute Gasteiger partial charge is 0.489 e. The summed E-state index contributed by atoms with van der Waals surface area (Å²) in [7, 11) is 0. The average molecular weight is 536 g/mol. The van der Waals surface area contributed by atoms with Gasteiger partial charge in [0.1, 0.15) is 17.7 Å². The Morgan fingerprint density at radius 3 is 2.53 bits per heavy atom. The molecule has 198 valence electrons. The first-order chi connectivity index (χ1) is 18.5. The molecule has 0 saturated carbocycles.